The van der Waals surface area contributed by atoms with Crippen LogP contribution >= 0.6 is 0 Å². The second-order valence-electron chi connectivity index (χ2n) is 4.27. The summed E-state index contributed by atoms with van der Waals surface area (Å²) in [5.74, 6) is -0.254. The molecule has 0 spiro atoms. The van der Waals surface area contributed by atoms with Gasteiger partial charge in [0, 0.05) is 18.9 Å². The van der Waals surface area contributed by atoms with Crippen molar-refractivity contribution in [3.05, 3.63) is 11.9 Å². The zero-order valence-electron chi connectivity index (χ0n) is 9.02. The van der Waals surface area contributed by atoms with Gasteiger partial charge in [-0.25, -0.2) is 4.79 Å². The zero-order chi connectivity index (χ0) is 11.4. The van der Waals surface area contributed by atoms with Gasteiger partial charge in [0.25, 0.3) is 5.91 Å². The number of imide groups is 1. The van der Waals surface area contributed by atoms with Gasteiger partial charge in [-0.1, -0.05) is 0 Å². The van der Waals surface area contributed by atoms with Crippen LogP contribution in [-0.4, -0.2) is 47.3 Å². The Hall–Kier alpha value is -1.76. The van der Waals surface area contributed by atoms with E-state index in [0.29, 0.717) is 0 Å². The van der Waals surface area contributed by atoms with Crippen molar-refractivity contribution in [3.8, 4) is 0 Å². The van der Waals surface area contributed by atoms with Crippen LogP contribution in [0.25, 0.3) is 0 Å². The molecule has 7 nitrogen and oxygen atoms in total. The van der Waals surface area contributed by atoms with E-state index < -0.39 is 0 Å². The van der Waals surface area contributed by atoms with E-state index in [1.54, 1.807) is 7.05 Å². The van der Waals surface area contributed by atoms with Gasteiger partial charge in [-0.15, -0.1) is 0 Å². The first-order valence-electron chi connectivity index (χ1n) is 5.14. The molecule has 3 unspecified atom stereocenters. The molecule has 3 rings (SSSR count). The normalized spacial score (nSPS) is 36.6. The number of fused-ring (bicyclic) bond motifs is 3. The number of hydrogen-bond donors (Lipinski definition) is 3. The van der Waals surface area contributed by atoms with Crippen LogP contribution in [0.15, 0.2) is 11.9 Å². The quantitative estimate of drug-likeness (QED) is 0.467. The Kier molecular flexibility index (Phi) is 1.70. The molecule has 3 amide bonds. The molecule has 2 saturated heterocycles. The van der Waals surface area contributed by atoms with Gasteiger partial charge in [-0.3, -0.25) is 15.4 Å². The fourth-order valence-electron chi connectivity index (χ4n) is 2.41. The summed E-state index contributed by atoms with van der Waals surface area (Å²) in [6.45, 7) is 1.94. The molecule has 3 N–H and O–H groups in total. The number of urea groups is 1. The minimum Gasteiger partial charge on any atom is -0.355 e. The number of nitrogens with one attached hydrogen (secondary N) is 3. The van der Waals surface area contributed by atoms with Crippen molar-refractivity contribution >= 4 is 11.9 Å². The number of carbonyl (C=O) groups excluding carboxylic acids is 2. The monoisotopic (exact) mass is 223 g/mol. The molecule has 0 bridgehead atoms. The van der Waals surface area contributed by atoms with Crippen LogP contribution in [0.4, 0.5) is 4.79 Å². The summed E-state index contributed by atoms with van der Waals surface area (Å²) in [5, 5.41) is 8.73. The molecule has 0 aromatic carbocycles. The summed E-state index contributed by atoms with van der Waals surface area (Å²) in [6, 6.07) is -0.724. The minimum absolute atomic E-state index is 0.103. The van der Waals surface area contributed by atoms with E-state index in [4.69, 9.17) is 0 Å². The van der Waals surface area contributed by atoms with Crippen LogP contribution in [-0.2, 0) is 4.79 Å². The number of likely N-dealkylation sites (N-methyl/N-ethyl adjacent to an activating group) is 1. The Morgan fingerprint density at radius 3 is 2.88 bits per heavy atom. The van der Waals surface area contributed by atoms with Crippen LogP contribution in [0, 0.1) is 0 Å². The number of nitrogens with zero attached hydrogens (tertiary/aromatic N) is 2. The van der Waals surface area contributed by atoms with Gasteiger partial charge >= 0.3 is 6.03 Å². The lowest BCUT2D eigenvalue weighted by atomic mass is 10.1. The zero-order valence-corrected chi connectivity index (χ0v) is 9.02. The second kappa shape index (κ2) is 2.88. The summed E-state index contributed by atoms with van der Waals surface area (Å²) in [5.41, 5.74) is 1.00. The fraction of sp³-hybridized carbons (Fsp3) is 0.556. The van der Waals surface area contributed by atoms with Crippen LogP contribution in [0.2, 0.25) is 0 Å². The SMILES string of the molecule is CC1=CN2C(N1)NC1C2C(=O)NC(=O)N1C. The first-order chi connectivity index (χ1) is 7.58. The molecule has 2 fully saturated rings. The molecular weight excluding hydrogens is 210 g/mol. The molecule has 3 atom stereocenters. The van der Waals surface area contributed by atoms with Crippen molar-refractivity contribution in [2.45, 2.75) is 25.4 Å². The van der Waals surface area contributed by atoms with Gasteiger partial charge in [0.2, 0.25) is 0 Å². The molecule has 3 aliphatic rings. The third-order valence-electron chi connectivity index (χ3n) is 3.19. The van der Waals surface area contributed by atoms with Gasteiger partial charge in [0.15, 0.2) is 6.29 Å². The molecule has 0 radical (unpaired) electrons. The van der Waals surface area contributed by atoms with Crippen molar-refractivity contribution in [2.75, 3.05) is 7.05 Å². The lowest BCUT2D eigenvalue weighted by Gasteiger charge is -2.34. The van der Waals surface area contributed by atoms with Crippen LogP contribution in [0.1, 0.15) is 6.92 Å². The Morgan fingerprint density at radius 1 is 1.38 bits per heavy atom. The summed E-state index contributed by atoms with van der Waals surface area (Å²) in [6.07, 6.45) is 1.52. The second-order valence-corrected chi connectivity index (χ2v) is 4.27. The molecule has 86 valence electrons. The highest BCUT2D eigenvalue weighted by atomic mass is 16.2. The van der Waals surface area contributed by atoms with E-state index in [2.05, 4.69) is 16.0 Å². The van der Waals surface area contributed by atoms with Gasteiger partial charge in [0.1, 0.15) is 12.2 Å². The van der Waals surface area contributed by atoms with Crippen LogP contribution in [0.5, 0.6) is 0 Å². The van der Waals surface area contributed by atoms with E-state index >= 15 is 0 Å². The Morgan fingerprint density at radius 2 is 2.12 bits per heavy atom. The van der Waals surface area contributed by atoms with Gasteiger partial charge < -0.3 is 15.1 Å². The lowest BCUT2D eigenvalue weighted by Crippen LogP contribution is -2.64. The van der Waals surface area contributed by atoms with E-state index in [1.165, 1.54) is 4.90 Å². The predicted octanol–water partition coefficient (Wildman–Crippen LogP) is -1.48. The van der Waals surface area contributed by atoms with E-state index in [-0.39, 0.29) is 30.4 Å². The average molecular weight is 223 g/mol. The summed E-state index contributed by atoms with van der Waals surface area (Å²) in [4.78, 5) is 26.6. The molecular formula is C9H13N5O2. The molecule has 3 aliphatic heterocycles. The third-order valence-corrected chi connectivity index (χ3v) is 3.19. The fourth-order valence-corrected chi connectivity index (χ4v) is 2.41. The van der Waals surface area contributed by atoms with Crippen molar-refractivity contribution in [3.63, 3.8) is 0 Å². The lowest BCUT2D eigenvalue weighted by molar-refractivity contribution is -0.126. The maximum atomic E-state index is 11.8. The molecule has 0 aromatic rings. The Bertz CT molecular complexity index is 407. The van der Waals surface area contributed by atoms with Crippen molar-refractivity contribution in [2.24, 2.45) is 0 Å². The highest BCUT2D eigenvalue weighted by molar-refractivity contribution is 6.00. The van der Waals surface area contributed by atoms with Gasteiger partial charge in [-0.2, -0.15) is 0 Å². The molecule has 0 aromatic heterocycles. The average Bonchev–Trinajstić information content (AvgIpc) is 2.69. The molecule has 16 heavy (non-hydrogen) atoms. The smallest absolute Gasteiger partial charge is 0.325 e. The van der Waals surface area contributed by atoms with Crippen molar-refractivity contribution in [1.29, 1.82) is 0 Å². The van der Waals surface area contributed by atoms with E-state index in [0.717, 1.165) is 5.70 Å². The van der Waals surface area contributed by atoms with Crippen LogP contribution in [0.3, 0.4) is 0 Å². The van der Waals surface area contributed by atoms with Gasteiger partial charge in [-0.05, 0) is 6.92 Å². The maximum absolute atomic E-state index is 11.8. The Labute approximate surface area is 92.4 Å². The number of rotatable bonds is 0. The van der Waals surface area contributed by atoms with Crippen LogP contribution < -0.4 is 16.0 Å². The number of carbonyl (C=O) groups is 2. The molecule has 7 heteroatoms. The number of amides is 3. The largest absolute Gasteiger partial charge is 0.355 e. The number of hydrogen-bond acceptors (Lipinski definition) is 5. The standard InChI is InChI=1S/C9H13N5O2/c1-4-3-14-5-6(11-8(14)10-4)13(2)9(16)12-7(5)15/h3,5-6,8,10-11H,1-2H3,(H,12,15,16). The first kappa shape index (κ1) is 9.46. The highest BCUT2D eigenvalue weighted by Crippen LogP contribution is 2.26. The summed E-state index contributed by atoms with van der Waals surface area (Å²) >= 11 is 0. The highest BCUT2D eigenvalue weighted by Gasteiger charge is 2.51. The molecule has 3 heterocycles. The molecule has 0 aliphatic carbocycles. The Balaban J connectivity index is 1.94. The minimum atomic E-state index is -0.363. The van der Waals surface area contributed by atoms with E-state index in [9.17, 15) is 9.59 Å². The van der Waals surface area contributed by atoms with Crippen molar-refractivity contribution < 1.29 is 9.59 Å². The maximum Gasteiger partial charge on any atom is 0.325 e. The summed E-state index contributed by atoms with van der Waals surface area (Å²) in [7, 11) is 1.67. The topological polar surface area (TPSA) is 76.7 Å². The first-order valence-corrected chi connectivity index (χ1v) is 5.14. The summed E-state index contributed by atoms with van der Waals surface area (Å²) < 4.78 is 0. The van der Waals surface area contributed by atoms with Crippen molar-refractivity contribution in [1.82, 2.24) is 25.8 Å². The predicted molar refractivity (Wildman–Crippen MR) is 54.5 cm³/mol. The third kappa shape index (κ3) is 1.06. The molecule has 0 saturated carbocycles. The number of allylic oxidation sites excluding steroid dienone is 1. The van der Waals surface area contributed by atoms with E-state index in [1.807, 2.05) is 18.0 Å². The van der Waals surface area contributed by atoms with Gasteiger partial charge in [0.05, 0.1) is 0 Å².